The molecular formula is C41H74O5. The third kappa shape index (κ3) is 35.0. The van der Waals surface area contributed by atoms with Crippen molar-refractivity contribution in [3.8, 4) is 0 Å². The van der Waals surface area contributed by atoms with Gasteiger partial charge in [-0.15, -0.1) is 0 Å². The van der Waals surface area contributed by atoms with E-state index < -0.39 is 6.10 Å². The molecule has 46 heavy (non-hydrogen) atoms. The molecule has 0 rings (SSSR count). The van der Waals surface area contributed by atoms with Crippen molar-refractivity contribution in [3.05, 3.63) is 36.5 Å². The Hall–Kier alpha value is -1.88. The van der Waals surface area contributed by atoms with Crippen LogP contribution in [0.15, 0.2) is 36.5 Å². The van der Waals surface area contributed by atoms with Crippen LogP contribution < -0.4 is 0 Å². The highest BCUT2D eigenvalue weighted by molar-refractivity contribution is 5.70. The van der Waals surface area contributed by atoms with Crippen molar-refractivity contribution in [2.24, 2.45) is 0 Å². The van der Waals surface area contributed by atoms with Crippen molar-refractivity contribution in [2.75, 3.05) is 13.2 Å². The summed E-state index contributed by atoms with van der Waals surface area (Å²) < 4.78 is 10.6. The van der Waals surface area contributed by atoms with E-state index in [0.717, 1.165) is 51.4 Å². The van der Waals surface area contributed by atoms with E-state index in [0.29, 0.717) is 12.8 Å². The van der Waals surface area contributed by atoms with Crippen LogP contribution in [0.25, 0.3) is 0 Å². The number of hydrogen-bond acceptors (Lipinski definition) is 5. The van der Waals surface area contributed by atoms with Crippen LogP contribution in [0.2, 0.25) is 0 Å². The summed E-state index contributed by atoms with van der Waals surface area (Å²) in [6.07, 6.45) is 44.8. The second-order valence-electron chi connectivity index (χ2n) is 13.0. The second-order valence-corrected chi connectivity index (χ2v) is 13.0. The second kappa shape index (κ2) is 37.6. The first-order valence-corrected chi connectivity index (χ1v) is 19.5. The predicted molar refractivity (Wildman–Crippen MR) is 196 cm³/mol. The number of unbranched alkanes of at least 4 members (excludes halogenated alkanes) is 21. The third-order valence-corrected chi connectivity index (χ3v) is 8.41. The number of aliphatic hydroxyl groups excluding tert-OH is 1. The summed E-state index contributed by atoms with van der Waals surface area (Å²) in [5.41, 5.74) is 0. The van der Waals surface area contributed by atoms with Gasteiger partial charge in [-0.2, -0.15) is 0 Å². The van der Waals surface area contributed by atoms with Crippen molar-refractivity contribution in [3.63, 3.8) is 0 Å². The predicted octanol–water partition coefficient (Wildman–Crippen LogP) is 12.1. The van der Waals surface area contributed by atoms with Crippen LogP contribution >= 0.6 is 0 Å². The normalized spacial score (nSPS) is 12.5. The van der Waals surface area contributed by atoms with Gasteiger partial charge in [-0.25, -0.2) is 0 Å². The molecular weight excluding hydrogens is 572 g/mol. The third-order valence-electron chi connectivity index (χ3n) is 8.41. The van der Waals surface area contributed by atoms with Crippen molar-refractivity contribution in [1.82, 2.24) is 0 Å². The number of esters is 2. The molecule has 0 radical (unpaired) electrons. The van der Waals surface area contributed by atoms with Gasteiger partial charge in [0.15, 0.2) is 6.10 Å². The van der Waals surface area contributed by atoms with Crippen LogP contribution in [0.1, 0.15) is 194 Å². The monoisotopic (exact) mass is 647 g/mol. The topological polar surface area (TPSA) is 72.8 Å². The van der Waals surface area contributed by atoms with Crippen LogP contribution in [0.3, 0.4) is 0 Å². The summed E-state index contributed by atoms with van der Waals surface area (Å²) in [4.78, 5) is 24.2. The largest absolute Gasteiger partial charge is 0.462 e. The fourth-order valence-electron chi connectivity index (χ4n) is 5.40. The van der Waals surface area contributed by atoms with E-state index in [9.17, 15) is 14.7 Å². The molecule has 0 saturated carbocycles. The molecule has 5 heteroatoms. The number of allylic oxidation sites excluding steroid dienone is 6. The maximum atomic E-state index is 12.2. The summed E-state index contributed by atoms with van der Waals surface area (Å²) >= 11 is 0. The number of ether oxygens (including phenoxy) is 2. The highest BCUT2D eigenvalue weighted by Crippen LogP contribution is 2.13. The zero-order valence-corrected chi connectivity index (χ0v) is 30.3. The van der Waals surface area contributed by atoms with Crippen molar-refractivity contribution in [2.45, 2.75) is 200 Å². The van der Waals surface area contributed by atoms with Gasteiger partial charge in [0.1, 0.15) is 6.61 Å². The lowest BCUT2D eigenvalue weighted by Gasteiger charge is -2.15. The molecule has 0 aliphatic heterocycles. The first kappa shape index (κ1) is 44.1. The molecule has 0 aromatic heterocycles. The Morgan fingerprint density at radius 3 is 1.35 bits per heavy atom. The molecule has 0 aromatic carbocycles. The molecule has 0 amide bonds. The molecule has 0 bridgehead atoms. The molecule has 0 heterocycles. The Morgan fingerprint density at radius 1 is 0.500 bits per heavy atom. The van der Waals surface area contributed by atoms with E-state index in [1.165, 1.54) is 116 Å². The summed E-state index contributed by atoms with van der Waals surface area (Å²) in [7, 11) is 0. The van der Waals surface area contributed by atoms with Gasteiger partial charge in [-0.05, 0) is 70.6 Å². The molecule has 1 atom stereocenters. The Balaban J connectivity index is 3.57. The molecule has 0 aromatic rings. The van der Waals surface area contributed by atoms with Crippen molar-refractivity contribution < 1.29 is 24.2 Å². The Morgan fingerprint density at radius 2 is 0.870 bits per heavy atom. The minimum absolute atomic E-state index is 0.0702. The minimum atomic E-state index is -0.775. The number of aliphatic hydroxyl groups is 1. The summed E-state index contributed by atoms with van der Waals surface area (Å²) in [5.74, 6) is -0.603. The van der Waals surface area contributed by atoms with Crippen LogP contribution in [0.4, 0.5) is 0 Å². The lowest BCUT2D eigenvalue weighted by Crippen LogP contribution is -2.28. The lowest BCUT2D eigenvalue weighted by atomic mass is 10.1. The fourth-order valence-corrected chi connectivity index (χ4v) is 5.40. The number of rotatable bonds is 35. The molecule has 0 spiro atoms. The quantitative estimate of drug-likeness (QED) is 0.0421. The van der Waals surface area contributed by atoms with Gasteiger partial charge in [0.25, 0.3) is 0 Å². The number of carbonyl (C=O) groups excluding carboxylic acids is 2. The average molecular weight is 647 g/mol. The smallest absolute Gasteiger partial charge is 0.306 e. The Bertz CT molecular complexity index is 741. The fraction of sp³-hybridized carbons (Fsp3) is 0.805. The first-order valence-electron chi connectivity index (χ1n) is 19.5. The van der Waals surface area contributed by atoms with Crippen molar-refractivity contribution in [1.29, 1.82) is 0 Å². The van der Waals surface area contributed by atoms with Gasteiger partial charge in [0.2, 0.25) is 0 Å². The average Bonchev–Trinajstić information content (AvgIpc) is 3.06. The highest BCUT2D eigenvalue weighted by atomic mass is 16.6. The Labute approximate surface area is 285 Å². The SMILES string of the molecule is CCCCC/C=C\C/C=C\CCCCCCCCCC(=O)O[C@@H](CO)COC(=O)CCCCCCCCC/C=C\CCCCCC. The highest BCUT2D eigenvalue weighted by Gasteiger charge is 2.16. The standard InChI is InChI=1S/C41H74O5/c1-3-5-7-9-11-13-15-17-19-20-22-24-26-28-30-32-34-36-41(44)46-39(37-42)38-45-40(43)35-33-31-29-27-25-23-21-18-16-14-12-10-8-6-4-2/h11,13-14,16-17,19,39,42H,3-10,12,15,18,20-38H2,1-2H3/b13-11-,16-14-,19-17-/t39-/m0/s1. The van der Waals surface area contributed by atoms with E-state index in [-0.39, 0.29) is 25.2 Å². The van der Waals surface area contributed by atoms with Crippen LogP contribution in [0, 0.1) is 0 Å². The molecule has 268 valence electrons. The maximum Gasteiger partial charge on any atom is 0.306 e. The molecule has 0 unspecified atom stereocenters. The molecule has 5 nitrogen and oxygen atoms in total. The van der Waals surface area contributed by atoms with Crippen LogP contribution in [-0.2, 0) is 19.1 Å². The Kier molecular flexibility index (Phi) is 36.0. The van der Waals surface area contributed by atoms with E-state index in [4.69, 9.17) is 9.47 Å². The molecule has 1 N–H and O–H groups in total. The zero-order valence-electron chi connectivity index (χ0n) is 30.3. The summed E-state index contributed by atoms with van der Waals surface area (Å²) in [6, 6.07) is 0. The van der Waals surface area contributed by atoms with Crippen LogP contribution in [-0.4, -0.2) is 36.4 Å². The van der Waals surface area contributed by atoms with E-state index in [1.807, 2.05) is 0 Å². The number of hydrogen-bond donors (Lipinski definition) is 1. The van der Waals surface area contributed by atoms with E-state index >= 15 is 0 Å². The van der Waals surface area contributed by atoms with E-state index in [2.05, 4.69) is 50.3 Å². The van der Waals surface area contributed by atoms with Crippen LogP contribution in [0.5, 0.6) is 0 Å². The van der Waals surface area contributed by atoms with Gasteiger partial charge >= 0.3 is 11.9 Å². The van der Waals surface area contributed by atoms with Gasteiger partial charge in [-0.3, -0.25) is 9.59 Å². The molecule has 0 saturated heterocycles. The molecule has 0 aliphatic carbocycles. The van der Waals surface area contributed by atoms with Crippen molar-refractivity contribution >= 4 is 11.9 Å². The molecule has 0 fully saturated rings. The summed E-state index contributed by atoms with van der Waals surface area (Å²) in [5, 5.41) is 9.55. The molecule has 0 aliphatic rings. The zero-order chi connectivity index (χ0) is 33.6. The van der Waals surface area contributed by atoms with Gasteiger partial charge < -0.3 is 14.6 Å². The van der Waals surface area contributed by atoms with Gasteiger partial charge in [0.05, 0.1) is 6.61 Å². The minimum Gasteiger partial charge on any atom is -0.462 e. The van der Waals surface area contributed by atoms with Gasteiger partial charge in [-0.1, -0.05) is 147 Å². The summed E-state index contributed by atoms with van der Waals surface area (Å²) in [6.45, 7) is 4.09. The lowest BCUT2D eigenvalue weighted by molar-refractivity contribution is -0.161. The van der Waals surface area contributed by atoms with E-state index in [1.54, 1.807) is 0 Å². The maximum absolute atomic E-state index is 12.2. The van der Waals surface area contributed by atoms with Gasteiger partial charge in [0, 0.05) is 12.8 Å². The first-order chi connectivity index (χ1) is 22.6. The number of carbonyl (C=O) groups is 2.